The maximum Gasteiger partial charge on any atom is 0.434 e. The smallest absolute Gasteiger partial charge is 0.414 e. The van der Waals surface area contributed by atoms with Gasteiger partial charge in [0, 0.05) is 4.47 Å². The number of anilines is 1. The average molecular weight is 506 g/mol. The molecule has 0 atom stereocenters. The van der Waals surface area contributed by atoms with Crippen LogP contribution in [-0.2, 0) is 10.0 Å². The summed E-state index contributed by atoms with van der Waals surface area (Å²) in [7, 11) is -4.32. The molecule has 1 aromatic heterocycles. The highest BCUT2D eigenvalue weighted by Gasteiger charge is 2.33. The predicted molar refractivity (Wildman–Crippen MR) is 117 cm³/mol. The van der Waals surface area contributed by atoms with Crippen LogP contribution in [0.25, 0.3) is 10.3 Å². The monoisotopic (exact) mass is 505 g/mol. The molecule has 0 aliphatic carbocycles. The van der Waals surface area contributed by atoms with Gasteiger partial charge in [0.15, 0.2) is 0 Å². The van der Waals surface area contributed by atoms with E-state index in [1.165, 1.54) is 42.5 Å². The summed E-state index contributed by atoms with van der Waals surface area (Å²) >= 11 is 4.06. The van der Waals surface area contributed by atoms with E-state index in [9.17, 15) is 18.0 Å². The number of hydrogen-bond acceptors (Lipinski definition) is 7. The number of amides is 1. The topological polar surface area (TPSA) is 93.9 Å². The van der Waals surface area contributed by atoms with Crippen LogP contribution < -0.4 is 14.0 Å². The van der Waals surface area contributed by atoms with Gasteiger partial charge in [0.2, 0.25) is 0 Å². The molecule has 0 aliphatic heterocycles. The van der Waals surface area contributed by atoms with Crippen LogP contribution >= 0.6 is 27.3 Å². The highest BCUT2D eigenvalue weighted by Crippen LogP contribution is 2.30. The largest absolute Gasteiger partial charge is 0.434 e. The fraction of sp³-hybridized carbons (Fsp3) is 0. The molecule has 0 spiro atoms. The molecule has 0 radical (unpaired) electrons. The lowest BCUT2D eigenvalue weighted by molar-refractivity contribution is 0.211. The maximum absolute atomic E-state index is 13.3. The Labute approximate surface area is 183 Å². The first-order valence-corrected chi connectivity index (χ1v) is 11.5. The van der Waals surface area contributed by atoms with E-state index in [0.29, 0.717) is 19.1 Å². The van der Waals surface area contributed by atoms with Gasteiger partial charge in [-0.1, -0.05) is 45.5 Å². The molecule has 0 bridgehead atoms. The summed E-state index contributed by atoms with van der Waals surface area (Å²) in [6.45, 7) is 0. The number of halogens is 1. The van der Waals surface area contributed by atoms with Gasteiger partial charge < -0.3 is 9.15 Å². The van der Waals surface area contributed by atoms with Crippen LogP contribution in [-0.4, -0.2) is 14.5 Å². The van der Waals surface area contributed by atoms with Crippen LogP contribution in [0, 0.1) is 0 Å². The summed E-state index contributed by atoms with van der Waals surface area (Å²) in [6, 6.07) is 18.2. The van der Waals surface area contributed by atoms with E-state index in [0.717, 1.165) is 11.3 Å². The van der Waals surface area contributed by atoms with Gasteiger partial charge in [-0.2, -0.15) is 4.31 Å². The van der Waals surface area contributed by atoms with Crippen LogP contribution in [0.1, 0.15) is 0 Å². The number of carbonyl (C=O) groups excluding carboxylic acids is 1. The summed E-state index contributed by atoms with van der Waals surface area (Å²) in [5, 5.41) is 0. The van der Waals surface area contributed by atoms with Crippen molar-refractivity contribution in [1.82, 2.24) is 0 Å². The van der Waals surface area contributed by atoms with E-state index in [2.05, 4.69) is 15.9 Å². The Balaban J connectivity index is 1.83. The molecule has 3 aromatic carbocycles. The van der Waals surface area contributed by atoms with Gasteiger partial charge in [-0.3, -0.25) is 0 Å². The number of carbonyl (C=O) groups is 1. The van der Waals surface area contributed by atoms with E-state index in [-0.39, 0.29) is 16.3 Å². The van der Waals surface area contributed by atoms with Crippen molar-refractivity contribution in [2.75, 3.05) is 4.31 Å². The summed E-state index contributed by atoms with van der Waals surface area (Å²) in [4.78, 5) is 23.9. The molecule has 1 heterocycles. The lowest BCUT2D eigenvalue weighted by Crippen LogP contribution is -2.39. The summed E-state index contributed by atoms with van der Waals surface area (Å²) < 4.78 is 38.7. The molecule has 0 unspecified atom stereocenters. The van der Waals surface area contributed by atoms with Gasteiger partial charge in [0.1, 0.15) is 11.3 Å². The number of benzene rings is 3. The van der Waals surface area contributed by atoms with Crippen molar-refractivity contribution in [2.45, 2.75) is 4.90 Å². The lowest BCUT2D eigenvalue weighted by Gasteiger charge is -2.22. The first-order chi connectivity index (χ1) is 14.3. The first-order valence-electron chi connectivity index (χ1n) is 8.46. The van der Waals surface area contributed by atoms with Crippen molar-refractivity contribution >= 4 is 59.4 Å². The number of nitrogens with zero attached hydrogens (tertiary/aromatic N) is 1. The Morgan fingerprint density at radius 3 is 2.40 bits per heavy atom. The zero-order chi connectivity index (χ0) is 21.3. The van der Waals surface area contributed by atoms with Gasteiger partial charge in [-0.25, -0.2) is 18.0 Å². The van der Waals surface area contributed by atoms with Crippen molar-refractivity contribution in [3.63, 3.8) is 0 Å². The van der Waals surface area contributed by atoms with Crippen LogP contribution in [0.2, 0.25) is 0 Å². The first kappa shape index (κ1) is 20.3. The summed E-state index contributed by atoms with van der Waals surface area (Å²) in [5.74, 6) is 0.188. The molecule has 0 saturated heterocycles. The normalized spacial score (nSPS) is 11.4. The minimum absolute atomic E-state index is 0.0170. The third-order valence-electron chi connectivity index (χ3n) is 4.01. The van der Waals surface area contributed by atoms with E-state index in [1.807, 2.05) is 0 Å². The molecular formula is C20H12BrNO6S2. The van der Waals surface area contributed by atoms with Crippen molar-refractivity contribution < 1.29 is 22.4 Å². The quantitative estimate of drug-likeness (QED) is 0.386. The van der Waals surface area contributed by atoms with E-state index >= 15 is 0 Å². The predicted octanol–water partition coefficient (Wildman–Crippen LogP) is 5.01. The third-order valence-corrected chi connectivity index (χ3v) is 7.04. The number of ether oxygens (including phenoxy) is 1. The van der Waals surface area contributed by atoms with E-state index in [1.54, 1.807) is 30.3 Å². The minimum Gasteiger partial charge on any atom is -0.414 e. The molecule has 30 heavy (non-hydrogen) atoms. The molecule has 0 fully saturated rings. The molecule has 4 rings (SSSR count). The number of sulfonamides is 1. The molecule has 0 saturated carbocycles. The van der Waals surface area contributed by atoms with Gasteiger partial charge >= 0.3 is 11.0 Å². The molecule has 4 aromatic rings. The third kappa shape index (κ3) is 4.02. The van der Waals surface area contributed by atoms with Crippen molar-refractivity contribution in [2.24, 2.45) is 0 Å². The van der Waals surface area contributed by atoms with Gasteiger partial charge in [0.05, 0.1) is 15.3 Å². The second-order valence-corrected chi connectivity index (χ2v) is 9.67. The molecular weight excluding hydrogens is 494 g/mol. The van der Waals surface area contributed by atoms with Gasteiger partial charge in [-0.15, -0.1) is 0 Å². The van der Waals surface area contributed by atoms with Crippen LogP contribution in [0.5, 0.6) is 5.75 Å². The lowest BCUT2D eigenvalue weighted by atomic mass is 10.3. The summed E-state index contributed by atoms with van der Waals surface area (Å²) in [6.07, 6.45) is -1.11. The van der Waals surface area contributed by atoms with Crippen molar-refractivity contribution in [1.29, 1.82) is 0 Å². The standard InChI is InChI=1S/C20H12BrNO6S2/c21-13-6-9-16(10-7-13)30(25,26)22(19(23)27-15-4-2-1-3-5-15)14-8-11-17-18(12-14)29-20(24)28-17/h1-12H. The van der Waals surface area contributed by atoms with Crippen LogP contribution in [0.15, 0.2) is 91.4 Å². The Morgan fingerprint density at radius 2 is 1.70 bits per heavy atom. The second kappa shape index (κ2) is 8.05. The zero-order valence-corrected chi connectivity index (χ0v) is 18.2. The number of hydrogen-bond donors (Lipinski definition) is 0. The molecule has 10 heteroatoms. The average Bonchev–Trinajstić information content (AvgIpc) is 3.08. The molecule has 152 valence electrons. The minimum atomic E-state index is -4.32. The van der Waals surface area contributed by atoms with Crippen molar-refractivity contribution in [3.05, 3.63) is 87.0 Å². The molecule has 7 nitrogen and oxygen atoms in total. The second-order valence-electron chi connectivity index (χ2n) is 5.99. The maximum atomic E-state index is 13.3. The summed E-state index contributed by atoms with van der Waals surface area (Å²) in [5.41, 5.74) is 0.314. The fourth-order valence-electron chi connectivity index (χ4n) is 2.67. The Morgan fingerprint density at radius 1 is 1.00 bits per heavy atom. The molecule has 0 aliphatic rings. The zero-order valence-electron chi connectivity index (χ0n) is 15.0. The Hall–Kier alpha value is -2.95. The molecule has 0 N–H and O–H groups in total. The van der Waals surface area contributed by atoms with Crippen molar-refractivity contribution in [3.8, 4) is 5.75 Å². The van der Waals surface area contributed by atoms with Crippen LogP contribution in [0.3, 0.4) is 0 Å². The molecule has 1 amide bonds. The number of para-hydroxylation sites is 1. The van der Waals surface area contributed by atoms with E-state index < -0.39 is 21.1 Å². The van der Waals surface area contributed by atoms with Gasteiger partial charge in [-0.05, 0) is 54.6 Å². The Kier molecular flexibility index (Phi) is 5.46. The van der Waals surface area contributed by atoms with Crippen LogP contribution in [0.4, 0.5) is 10.5 Å². The number of fused-ring (bicyclic) bond motifs is 1. The highest BCUT2D eigenvalue weighted by molar-refractivity contribution is 9.10. The van der Waals surface area contributed by atoms with Gasteiger partial charge in [0.25, 0.3) is 10.0 Å². The van der Waals surface area contributed by atoms with E-state index in [4.69, 9.17) is 9.15 Å². The Bertz CT molecular complexity index is 1380. The highest BCUT2D eigenvalue weighted by atomic mass is 79.9. The SMILES string of the molecule is O=C(Oc1ccccc1)N(c1ccc2oc(=O)sc2c1)S(=O)(=O)c1ccc(Br)cc1. The number of rotatable bonds is 4. The fourth-order valence-corrected chi connectivity index (χ4v) is 4.95.